The predicted octanol–water partition coefficient (Wildman–Crippen LogP) is 4.87. The maximum Gasteiger partial charge on any atom is 0.165 e. The number of aliphatic hydroxyl groups is 1. The molecule has 1 N–H and O–H groups in total. The number of aromatic nitrogens is 2. The number of carbonyl (C=O) groups excluding carboxylic acids is 1. The molecule has 1 aromatic rings. The first-order chi connectivity index (χ1) is 13.9. The molecule has 1 heterocycles. The molecule has 0 aromatic carbocycles. The lowest BCUT2D eigenvalue weighted by Gasteiger charge is -2.59. The Morgan fingerprint density at radius 3 is 2.83 bits per heavy atom. The third-order valence-electron chi connectivity index (χ3n) is 9.65. The number of aliphatic hydroxyl groups excluding tert-OH is 1. The van der Waals surface area contributed by atoms with Gasteiger partial charge in [-0.25, -0.2) is 0 Å². The second-order valence-corrected chi connectivity index (χ2v) is 10.8. The van der Waals surface area contributed by atoms with Crippen molar-refractivity contribution < 1.29 is 9.90 Å². The van der Waals surface area contributed by atoms with E-state index < -0.39 is 0 Å². The van der Waals surface area contributed by atoms with Gasteiger partial charge in [0.2, 0.25) is 0 Å². The topological polar surface area (TPSA) is 55.1 Å². The molecule has 4 fully saturated rings. The summed E-state index contributed by atoms with van der Waals surface area (Å²) in [5.74, 6) is 2.94. The molecule has 4 aliphatic carbocycles. The third-order valence-corrected chi connectivity index (χ3v) is 9.65. The molecule has 4 heteroatoms. The van der Waals surface area contributed by atoms with Gasteiger partial charge in [0.05, 0.1) is 11.8 Å². The first-order valence-corrected chi connectivity index (χ1v) is 11.8. The zero-order valence-corrected chi connectivity index (χ0v) is 18.2. The number of aryl methyl sites for hydroxylation is 1. The van der Waals surface area contributed by atoms with E-state index in [1.165, 1.54) is 19.3 Å². The quantitative estimate of drug-likeness (QED) is 0.726. The van der Waals surface area contributed by atoms with Crippen LogP contribution in [0.25, 0.3) is 6.08 Å². The molecular formula is C25H36N2O2. The molecule has 4 aliphatic rings. The highest BCUT2D eigenvalue weighted by molar-refractivity contribution is 6.05. The SMILES string of the molecule is CCn1nccc1/C=C1/C[C@H]2[C@@H]3CC[C@H]4C[C@@H](O)CC[C@]4(C)[C@H]3CC[C@]2(C)C1=O. The molecule has 0 unspecified atom stereocenters. The van der Waals surface area contributed by atoms with E-state index in [9.17, 15) is 9.90 Å². The van der Waals surface area contributed by atoms with Gasteiger partial charge >= 0.3 is 0 Å². The summed E-state index contributed by atoms with van der Waals surface area (Å²) in [6, 6.07) is 2.02. The lowest BCUT2D eigenvalue weighted by Crippen LogP contribution is -2.54. The molecule has 7 atom stereocenters. The Morgan fingerprint density at radius 1 is 1.21 bits per heavy atom. The van der Waals surface area contributed by atoms with Crippen LogP contribution in [0.4, 0.5) is 0 Å². The molecule has 0 radical (unpaired) electrons. The van der Waals surface area contributed by atoms with Crippen LogP contribution in [0.2, 0.25) is 0 Å². The molecule has 4 saturated carbocycles. The number of ketones is 1. The molecule has 0 aliphatic heterocycles. The van der Waals surface area contributed by atoms with Gasteiger partial charge in [0, 0.05) is 18.2 Å². The predicted molar refractivity (Wildman–Crippen MR) is 114 cm³/mol. The van der Waals surface area contributed by atoms with Crippen LogP contribution in [-0.2, 0) is 11.3 Å². The second-order valence-electron chi connectivity index (χ2n) is 10.8. The largest absolute Gasteiger partial charge is 0.393 e. The molecule has 158 valence electrons. The summed E-state index contributed by atoms with van der Waals surface area (Å²) in [5.41, 5.74) is 2.27. The Kier molecular flexibility index (Phi) is 4.58. The summed E-state index contributed by atoms with van der Waals surface area (Å²) >= 11 is 0. The van der Waals surface area contributed by atoms with E-state index in [0.29, 0.717) is 29.0 Å². The van der Waals surface area contributed by atoms with Crippen molar-refractivity contribution in [1.29, 1.82) is 0 Å². The minimum Gasteiger partial charge on any atom is -0.393 e. The number of allylic oxidation sites excluding steroid dienone is 1. The van der Waals surface area contributed by atoms with Crippen LogP contribution < -0.4 is 0 Å². The van der Waals surface area contributed by atoms with Crippen molar-refractivity contribution in [3.63, 3.8) is 0 Å². The lowest BCUT2D eigenvalue weighted by atomic mass is 9.45. The van der Waals surface area contributed by atoms with Gasteiger partial charge in [-0.2, -0.15) is 5.10 Å². The first-order valence-electron chi connectivity index (χ1n) is 11.8. The van der Waals surface area contributed by atoms with E-state index >= 15 is 0 Å². The van der Waals surface area contributed by atoms with E-state index in [-0.39, 0.29) is 11.5 Å². The van der Waals surface area contributed by atoms with Gasteiger partial charge in [0.15, 0.2) is 5.78 Å². The van der Waals surface area contributed by atoms with Gasteiger partial charge in [-0.1, -0.05) is 13.8 Å². The summed E-state index contributed by atoms with van der Waals surface area (Å²) < 4.78 is 1.98. The fourth-order valence-electron chi connectivity index (χ4n) is 7.94. The van der Waals surface area contributed by atoms with Crippen LogP contribution in [0.15, 0.2) is 17.8 Å². The maximum atomic E-state index is 13.5. The number of nitrogens with zero attached hydrogens (tertiary/aromatic N) is 2. The van der Waals surface area contributed by atoms with E-state index in [4.69, 9.17) is 0 Å². The molecular weight excluding hydrogens is 360 g/mol. The van der Waals surface area contributed by atoms with Crippen molar-refractivity contribution in [3.05, 3.63) is 23.5 Å². The van der Waals surface area contributed by atoms with Gasteiger partial charge in [-0.15, -0.1) is 0 Å². The molecule has 1 aromatic heterocycles. The first kappa shape index (κ1) is 19.5. The van der Waals surface area contributed by atoms with Crippen LogP contribution in [0.1, 0.15) is 77.8 Å². The van der Waals surface area contributed by atoms with Gasteiger partial charge in [-0.05, 0) is 105 Å². The Balaban J connectivity index is 1.45. The minimum atomic E-state index is -0.179. The van der Waals surface area contributed by atoms with E-state index in [0.717, 1.165) is 55.8 Å². The zero-order valence-electron chi connectivity index (χ0n) is 18.2. The number of Topliss-reactive ketones (excluding diaryl/α,β-unsaturated/α-hetero) is 1. The fraction of sp³-hybridized carbons (Fsp3) is 0.760. The molecule has 0 bridgehead atoms. The standard InChI is InChI=1S/C25H36N2O2/c1-4-27-18(9-12-26-27)13-16-14-22-20-6-5-17-15-19(28)7-10-24(17,2)21(20)8-11-25(22,3)23(16)29/h9,12-13,17,19-22,28H,4-8,10-11,14-15H2,1-3H3/b16-13-/t17-,19-,20+,21-,22-,24-,25-/m0/s1. The van der Waals surface area contributed by atoms with Crippen molar-refractivity contribution >= 4 is 11.9 Å². The highest BCUT2D eigenvalue weighted by Gasteiger charge is 2.61. The van der Waals surface area contributed by atoms with Crippen LogP contribution in [0.5, 0.6) is 0 Å². The number of hydrogen-bond donors (Lipinski definition) is 1. The lowest BCUT2D eigenvalue weighted by molar-refractivity contribution is -0.141. The molecule has 29 heavy (non-hydrogen) atoms. The van der Waals surface area contributed by atoms with Crippen LogP contribution >= 0.6 is 0 Å². The Morgan fingerprint density at radius 2 is 2.03 bits per heavy atom. The van der Waals surface area contributed by atoms with Crippen molar-refractivity contribution in [2.45, 2.75) is 84.8 Å². The van der Waals surface area contributed by atoms with Crippen LogP contribution in [0.3, 0.4) is 0 Å². The van der Waals surface area contributed by atoms with Crippen LogP contribution in [0, 0.1) is 34.5 Å². The summed E-state index contributed by atoms with van der Waals surface area (Å²) in [5, 5.41) is 14.6. The normalized spacial score (nSPS) is 45.7. The monoisotopic (exact) mass is 396 g/mol. The molecule has 0 saturated heterocycles. The van der Waals surface area contributed by atoms with Crippen molar-refractivity contribution in [2.24, 2.45) is 34.5 Å². The van der Waals surface area contributed by atoms with Crippen molar-refractivity contribution in [1.82, 2.24) is 9.78 Å². The highest BCUT2D eigenvalue weighted by atomic mass is 16.3. The third kappa shape index (κ3) is 2.81. The number of carbonyl (C=O) groups is 1. The summed E-state index contributed by atoms with van der Waals surface area (Å²) in [6.07, 6.45) is 12.6. The number of fused-ring (bicyclic) bond motifs is 5. The smallest absolute Gasteiger partial charge is 0.165 e. The zero-order chi connectivity index (χ0) is 20.4. The molecule has 0 spiro atoms. The maximum absolute atomic E-state index is 13.5. The summed E-state index contributed by atoms with van der Waals surface area (Å²) in [6.45, 7) is 7.69. The van der Waals surface area contributed by atoms with Gasteiger partial charge < -0.3 is 5.11 Å². The summed E-state index contributed by atoms with van der Waals surface area (Å²) in [4.78, 5) is 13.5. The average Bonchev–Trinajstić information content (AvgIpc) is 3.25. The Bertz CT molecular complexity index is 842. The van der Waals surface area contributed by atoms with Crippen molar-refractivity contribution in [3.8, 4) is 0 Å². The molecule has 0 amide bonds. The van der Waals surface area contributed by atoms with E-state index in [1.54, 1.807) is 0 Å². The summed E-state index contributed by atoms with van der Waals surface area (Å²) in [7, 11) is 0. The minimum absolute atomic E-state index is 0.0931. The van der Waals surface area contributed by atoms with Crippen LogP contribution in [-0.4, -0.2) is 26.8 Å². The van der Waals surface area contributed by atoms with Gasteiger partial charge in [-0.3, -0.25) is 9.48 Å². The number of rotatable bonds is 2. The average molecular weight is 397 g/mol. The van der Waals surface area contributed by atoms with Gasteiger partial charge in [0.25, 0.3) is 0 Å². The van der Waals surface area contributed by atoms with E-state index in [2.05, 4.69) is 31.9 Å². The highest BCUT2D eigenvalue weighted by Crippen LogP contribution is 2.66. The molecule has 4 nitrogen and oxygen atoms in total. The van der Waals surface area contributed by atoms with E-state index in [1.807, 2.05) is 16.9 Å². The van der Waals surface area contributed by atoms with Crippen molar-refractivity contribution in [2.75, 3.05) is 0 Å². The molecule has 5 rings (SSSR count). The number of hydrogen-bond acceptors (Lipinski definition) is 3. The van der Waals surface area contributed by atoms with Gasteiger partial charge in [0.1, 0.15) is 0 Å². The Labute approximate surface area is 174 Å². The second kappa shape index (κ2) is 6.80. The fourth-order valence-corrected chi connectivity index (χ4v) is 7.94. The Hall–Kier alpha value is -1.42.